The van der Waals surface area contributed by atoms with Crippen LogP contribution >= 0.6 is 0 Å². The molecule has 1 aliphatic rings. The summed E-state index contributed by atoms with van der Waals surface area (Å²) in [4.78, 5) is 13.3. The molecule has 146 valence electrons. The average molecular weight is 405 g/mol. The van der Waals surface area contributed by atoms with E-state index in [0.29, 0.717) is 0 Å². The summed E-state index contributed by atoms with van der Waals surface area (Å²) in [5.74, 6) is 0. The summed E-state index contributed by atoms with van der Waals surface area (Å²) in [6, 6.07) is 4.71. The zero-order valence-corrected chi connectivity index (χ0v) is 16.5. The number of hydrogen-bond acceptors (Lipinski definition) is 6. The Morgan fingerprint density at radius 2 is 1.42 bits per heavy atom. The third-order valence-electron chi connectivity index (χ3n) is 3.68. The number of rotatable bonds is 3. The van der Waals surface area contributed by atoms with Crippen molar-refractivity contribution in [1.82, 2.24) is 9.21 Å². The molecule has 1 heterocycles. The molecule has 2 rings (SSSR count). The van der Waals surface area contributed by atoms with Gasteiger partial charge in [0.15, 0.2) is 0 Å². The van der Waals surface area contributed by atoms with E-state index in [-0.39, 0.29) is 36.0 Å². The van der Waals surface area contributed by atoms with E-state index >= 15 is 0 Å². The maximum absolute atomic E-state index is 12.7. The van der Waals surface area contributed by atoms with E-state index in [1.807, 2.05) is 0 Å². The van der Waals surface area contributed by atoms with Gasteiger partial charge >= 0.3 is 6.09 Å². The maximum Gasteiger partial charge on any atom is 0.410 e. The fourth-order valence-corrected chi connectivity index (χ4v) is 4.33. The van der Waals surface area contributed by atoms with Gasteiger partial charge in [-0.3, -0.25) is 0 Å². The Morgan fingerprint density at radius 1 is 0.962 bits per heavy atom. The molecule has 1 aromatic carbocycles. The molecule has 0 unspecified atom stereocenters. The molecule has 0 aromatic heterocycles. The monoisotopic (exact) mass is 405 g/mol. The van der Waals surface area contributed by atoms with Gasteiger partial charge in [-0.25, -0.2) is 26.8 Å². The van der Waals surface area contributed by atoms with E-state index < -0.39 is 31.7 Å². The van der Waals surface area contributed by atoms with Crippen LogP contribution in [-0.4, -0.2) is 63.9 Å². The summed E-state index contributed by atoms with van der Waals surface area (Å²) in [5, 5.41) is 5.01. The van der Waals surface area contributed by atoms with Crippen LogP contribution in [0.4, 0.5) is 4.79 Å². The van der Waals surface area contributed by atoms with E-state index in [2.05, 4.69) is 0 Å². The molecule has 0 atom stereocenters. The first-order valence-electron chi connectivity index (χ1n) is 7.92. The van der Waals surface area contributed by atoms with Crippen molar-refractivity contribution in [3.8, 4) is 0 Å². The minimum absolute atomic E-state index is 0.0318. The van der Waals surface area contributed by atoms with Crippen molar-refractivity contribution in [2.75, 3.05) is 26.2 Å². The SMILES string of the molecule is CC(C)(C)OC(=O)N1CCN(S(=O)(=O)c2ccc(S(N)(=O)=O)cc2)CC1. The Morgan fingerprint density at radius 3 is 1.85 bits per heavy atom. The van der Waals surface area contributed by atoms with Crippen molar-refractivity contribution in [3.63, 3.8) is 0 Å². The highest BCUT2D eigenvalue weighted by molar-refractivity contribution is 7.89. The van der Waals surface area contributed by atoms with Gasteiger partial charge in [0.1, 0.15) is 5.60 Å². The number of piperazine rings is 1. The van der Waals surface area contributed by atoms with E-state index in [4.69, 9.17) is 9.88 Å². The number of nitrogens with zero attached hydrogens (tertiary/aromatic N) is 2. The topological polar surface area (TPSA) is 127 Å². The van der Waals surface area contributed by atoms with Crippen molar-refractivity contribution in [2.45, 2.75) is 36.2 Å². The van der Waals surface area contributed by atoms with Gasteiger partial charge in [-0.15, -0.1) is 0 Å². The summed E-state index contributed by atoms with van der Waals surface area (Å²) >= 11 is 0. The van der Waals surface area contributed by atoms with Gasteiger partial charge in [0.25, 0.3) is 0 Å². The summed E-state index contributed by atoms with van der Waals surface area (Å²) in [5.41, 5.74) is -0.620. The van der Waals surface area contributed by atoms with Gasteiger partial charge in [0, 0.05) is 26.2 Å². The average Bonchev–Trinajstić information content (AvgIpc) is 2.52. The van der Waals surface area contributed by atoms with Gasteiger partial charge < -0.3 is 9.64 Å². The second-order valence-corrected chi connectivity index (χ2v) is 10.4. The van der Waals surface area contributed by atoms with Crippen LogP contribution in [0.5, 0.6) is 0 Å². The fourth-order valence-electron chi connectivity index (χ4n) is 2.39. The van der Waals surface area contributed by atoms with Crippen LogP contribution in [-0.2, 0) is 24.8 Å². The van der Waals surface area contributed by atoms with Crippen LogP contribution < -0.4 is 5.14 Å². The molecule has 1 fully saturated rings. The largest absolute Gasteiger partial charge is 0.444 e. The lowest BCUT2D eigenvalue weighted by Gasteiger charge is -2.34. The Hall–Kier alpha value is -1.69. The number of amides is 1. The zero-order valence-electron chi connectivity index (χ0n) is 14.9. The van der Waals surface area contributed by atoms with Crippen molar-refractivity contribution in [2.24, 2.45) is 5.14 Å². The molecule has 0 spiro atoms. The predicted octanol–water partition coefficient (Wildman–Crippen LogP) is 0.575. The Labute approximate surface area is 153 Å². The van der Waals surface area contributed by atoms with Crippen molar-refractivity contribution >= 4 is 26.1 Å². The van der Waals surface area contributed by atoms with Crippen LogP contribution in [0, 0.1) is 0 Å². The lowest BCUT2D eigenvalue weighted by molar-refractivity contribution is 0.0192. The van der Waals surface area contributed by atoms with E-state index in [1.165, 1.54) is 21.3 Å². The molecule has 9 nitrogen and oxygen atoms in total. The zero-order chi connectivity index (χ0) is 19.8. The van der Waals surface area contributed by atoms with Crippen LogP contribution in [0.25, 0.3) is 0 Å². The summed E-state index contributed by atoms with van der Waals surface area (Å²) in [6.07, 6.45) is -0.480. The van der Waals surface area contributed by atoms with Crippen LogP contribution in [0.15, 0.2) is 34.1 Å². The highest BCUT2D eigenvalue weighted by Crippen LogP contribution is 2.20. The van der Waals surface area contributed by atoms with E-state index in [1.54, 1.807) is 20.8 Å². The normalized spacial score (nSPS) is 17.2. The third kappa shape index (κ3) is 4.93. The Kier molecular flexibility index (Phi) is 5.66. The van der Waals surface area contributed by atoms with Crippen molar-refractivity contribution < 1.29 is 26.4 Å². The molecule has 0 aliphatic carbocycles. The number of primary sulfonamides is 1. The lowest BCUT2D eigenvalue weighted by atomic mass is 10.2. The highest BCUT2D eigenvalue weighted by Gasteiger charge is 2.32. The fraction of sp³-hybridized carbons (Fsp3) is 0.533. The van der Waals surface area contributed by atoms with Gasteiger partial charge in [-0.2, -0.15) is 4.31 Å². The first-order chi connectivity index (χ1) is 11.8. The minimum Gasteiger partial charge on any atom is -0.444 e. The Balaban J connectivity index is 2.07. The van der Waals surface area contributed by atoms with E-state index in [9.17, 15) is 21.6 Å². The van der Waals surface area contributed by atoms with Gasteiger partial charge in [-0.1, -0.05) is 0 Å². The third-order valence-corrected chi connectivity index (χ3v) is 6.52. The molecular weight excluding hydrogens is 382 g/mol. The number of sulfonamides is 2. The molecule has 0 radical (unpaired) electrons. The molecule has 2 N–H and O–H groups in total. The number of benzene rings is 1. The highest BCUT2D eigenvalue weighted by atomic mass is 32.2. The van der Waals surface area contributed by atoms with Crippen molar-refractivity contribution in [3.05, 3.63) is 24.3 Å². The molecule has 1 amide bonds. The standard InChI is InChI=1S/C15H23N3O6S2/c1-15(2,3)24-14(19)17-8-10-18(11-9-17)26(22,23)13-6-4-12(5-7-13)25(16,20)21/h4-7H,8-11H2,1-3H3,(H2,16,20,21). The number of carbonyl (C=O) groups is 1. The van der Waals surface area contributed by atoms with Crippen LogP contribution in [0.2, 0.25) is 0 Å². The first-order valence-corrected chi connectivity index (χ1v) is 10.9. The number of hydrogen-bond donors (Lipinski definition) is 1. The molecule has 11 heteroatoms. The van der Waals surface area contributed by atoms with Gasteiger partial charge in [-0.05, 0) is 45.0 Å². The van der Waals surface area contributed by atoms with Crippen LogP contribution in [0.1, 0.15) is 20.8 Å². The number of carbonyl (C=O) groups excluding carboxylic acids is 1. The molecule has 0 saturated carbocycles. The predicted molar refractivity (Wildman–Crippen MR) is 94.4 cm³/mol. The van der Waals surface area contributed by atoms with Gasteiger partial charge in [0.05, 0.1) is 9.79 Å². The van der Waals surface area contributed by atoms with Crippen LogP contribution in [0.3, 0.4) is 0 Å². The second-order valence-electron chi connectivity index (χ2n) is 6.89. The summed E-state index contributed by atoms with van der Waals surface area (Å²) < 4.78 is 54.4. The molecule has 26 heavy (non-hydrogen) atoms. The Bertz CT molecular complexity index is 865. The molecule has 1 aliphatic heterocycles. The molecule has 1 aromatic rings. The number of nitrogens with two attached hydrogens (primary N) is 1. The maximum atomic E-state index is 12.7. The van der Waals surface area contributed by atoms with Gasteiger partial charge in [0.2, 0.25) is 20.0 Å². The first kappa shape index (κ1) is 20.6. The molecule has 1 saturated heterocycles. The van der Waals surface area contributed by atoms with E-state index in [0.717, 1.165) is 12.1 Å². The summed E-state index contributed by atoms with van der Waals surface area (Å²) in [6.45, 7) is 5.95. The quantitative estimate of drug-likeness (QED) is 0.783. The number of ether oxygens (including phenoxy) is 1. The smallest absolute Gasteiger partial charge is 0.410 e. The van der Waals surface area contributed by atoms with Crippen molar-refractivity contribution in [1.29, 1.82) is 0 Å². The minimum atomic E-state index is -3.89. The molecule has 0 bridgehead atoms. The second kappa shape index (κ2) is 7.14. The molecular formula is C15H23N3O6S2. The lowest BCUT2D eigenvalue weighted by Crippen LogP contribution is -2.51. The summed E-state index contributed by atoms with van der Waals surface area (Å²) in [7, 11) is -7.68.